The second-order valence-electron chi connectivity index (χ2n) is 6.00. The van der Waals surface area contributed by atoms with E-state index in [0.717, 1.165) is 24.4 Å². The maximum atomic E-state index is 12.0. The molecule has 3 heteroatoms. The molecule has 0 bridgehead atoms. The molecule has 0 aromatic heterocycles. The van der Waals surface area contributed by atoms with Crippen molar-refractivity contribution in [2.24, 2.45) is 0 Å². The normalized spacial score (nSPS) is 26.4. The quantitative estimate of drug-likeness (QED) is 0.867. The van der Waals surface area contributed by atoms with Crippen molar-refractivity contribution in [2.45, 2.75) is 50.6 Å². The molecule has 0 spiro atoms. The van der Waals surface area contributed by atoms with E-state index in [2.05, 4.69) is 41.8 Å². The van der Waals surface area contributed by atoms with Gasteiger partial charge in [-0.2, -0.15) is 0 Å². The van der Waals surface area contributed by atoms with Gasteiger partial charge in [0.15, 0.2) is 0 Å². The molecule has 1 saturated carbocycles. The summed E-state index contributed by atoms with van der Waals surface area (Å²) >= 11 is 0. The van der Waals surface area contributed by atoms with Crippen molar-refractivity contribution in [3.05, 3.63) is 35.4 Å². The van der Waals surface area contributed by atoms with Crippen LogP contribution in [0.5, 0.6) is 0 Å². The zero-order valence-electron chi connectivity index (χ0n) is 11.5. The molecule has 1 heterocycles. The van der Waals surface area contributed by atoms with Crippen LogP contribution in [0.1, 0.15) is 43.2 Å². The van der Waals surface area contributed by atoms with E-state index in [-0.39, 0.29) is 5.91 Å². The maximum Gasteiger partial charge on any atom is 0.224 e. The lowest BCUT2D eigenvalue weighted by molar-refractivity contribution is -0.121. The summed E-state index contributed by atoms with van der Waals surface area (Å²) < 4.78 is 0. The number of carbonyl (C=O) groups excluding carboxylic acids is 1. The van der Waals surface area contributed by atoms with Crippen LogP contribution in [0.25, 0.3) is 0 Å². The van der Waals surface area contributed by atoms with Gasteiger partial charge in [-0.25, -0.2) is 0 Å². The second-order valence-corrected chi connectivity index (χ2v) is 6.00. The second kappa shape index (κ2) is 5.33. The Balaban J connectivity index is 1.51. The van der Waals surface area contributed by atoms with E-state index in [1.807, 2.05) is 0 Å². The van der Waals surface area contributed by atoms with Crippen LogP contribution in [0.4, 0.5) is 0 Å². The van der Waals surface area contributed by atoms with E-state index >= 15 is 0 Å². The van der Waals surface area contributed by atoms with Crippen molar-refractivity contribution in [3.63, 3.8) is 0 Å². The summed E-state index contributed by atoms with van der Waals surface area (Å²) in [5, 5.41) is 6.46. The van der Waals surface area contributed by atoms with E-state index in [4.69, 9.17) is 0 Å². The molecule has 2 aliphatic rings. The molecule has 19 heavy (non-hydrogen) atoms. The smallest absolute Gasteiger partial charge is 0.224 e. The van der Waals surface area contributed by atoms with E-state index in [1.54, 1.807) is 0 Å². The van der Waals surface area contributed by atoms with Crippen molar-refractivity contribution in [1.29, 1.82) is 0 Å². The molecule has 2 fully saturated rings. The van der Waals surface area contributed by atoms with Crippen LogP contribution in [-0.4, -0.2) is 24.5 Å². The van der Waals surface area contributed by atoms with Gasteiger partial charge in [-0.05, 0) is 43.2 Å². The van der Waals surface area contributed by atoms with E-state index in [0.29, 0.717) is 18.5 Å². The van der Waals surface area contributed by atoms with Gasteiger partial charge in [0, 0.05) is 18.6 Å². The predicted octanol–water partition coefficient (Wildman–Crippen LogP) is 1.97. The van der Waals surface area contributed by atoms with Crippen LogP contribution in [0, 0.1) is 0 Å². The first-order chi connectivity index (χ1) is 9.20. The first-order valence-corrected chi connectivity index (χ1v) is 7.32. The third-order valence-electron chi connectivity index (χ3n) is 4.11. The fraction of sp³-hybridized carbons (Fsp3) is 0.562. The summed E-state index contributed by atoms with van der Waals surface area (Å²) in [6.07, 6.45) is 4.18. The molecule has 1 aromatic carbocycles. The molecule has 1 aliphatic heterocycles. The predicted molar refractivity (Wildman–Crippen MR) is 76.1 cm³/mol. The summed E-state index contributed by atoms with van der Waals surface area (Å²) in [4.78, 5) is 12.0. The highest BCUT2D eigenvalue weighted by atomic mass is 16.1. The van der Waals surface area contributed by atoms with Gasteiger partial charge in [0.1, 0.15) is 0 Å². The molecule has 3 rings (SSSR count). The Hall–Kier alpha value is -1.35. The first-order valence-electron chi connectivity index (χ1n) is 7.32. The van der Waals surface area contributed by atoms with Crippen LogP contribution in [0.2, 0.25) is 0 Å². The Morgan fingerprint density at radius 1 is 1.32 bits per heavy atom. The molecule has 1 aliphatic carbocycles. The highest BCUT2D eigenvalue weighted by Crippen LogP contribution is 2.39. The van der Waals surface area contributed by atoms with Gasteiger partial charge in [-0.1, -0.05) is 24.3 Å². The van der Waals surface area contributed by atoms with Gasteiger partial charge in [0.25, 0.3) is 0 Å². The molecular weight excluding hydrogens is 236 g/mol. The third-order valence-corrected chi connectivity index (χ3v) is 4.11. The van der Waals surface area contributed by atoms with Crippen molar-refractivity contribution < 1.29 is 4.79 Å². The molecule has 0 unspecified atom stereocenters. The summed E-state index contributed by atoms with van der Waals surface area (Å²) in [7, 11) is 0. The minimum atomic E-state index is 0.139. The molecule has 3 nitrogen and oxygen atoms in total. The molecule has 102 valence electrons. The zero-order valence-corrected chi connectivity index (χ0v) is 11.5. The number of amides is 1. The molecule has 1 saturated heterocycles. The Bertz CT molecular complexity index is 450. The average molecular weight is 258 g/mol. The van der Waals surface area contributed by atoms with Gasteiger partial charge < -0.3 is 10.6 Å². The largest absolute Gasteiger partial charge is 0.352 e. The fourth-order valence-corrected chi connectivity index (χ4v) is 2.84. The van der Waals surface area contributed by atoms with Gasteiger partial charge in [-0.3, -0.25) is 4.79 Å². The molecule has 1 amide bonds. The Labute approximate surface area is 114 Å². The summed E-state index contributed by atoms with van der Waals surface area (Å²) in [5.74, 6) is 0.925. The lowest BCUT2D eigenvalue weighted by atomic mass is 10.1. The number of rotatable bonds is 4. The Morgan fingerprint density at radius 2 is 2.05 bits per heavy atom. The molecule has 0 radical (unpaired) electrons. The van der Waals surface area contributed by atoms with Gasteiger partial charge in [0.2, 0.25) is 5.91 Å². The molecule has 1 aromatic rings. The molecule has 2 atom stereocenters. The number of benzene rings is 1. The highest BCUT2D eigenvalue weighted by molar-refractivity contribution is 5.78. The minimum absolute atomic E-state index is 0.139. The number of carbonyl (C=O) groups is 1. The Kier molecular flexibility index (Phi) is 3.56. The van der Waals surface area contributed by atoms with E-state index < -0.39 is 0 Å². The molecular formula is C16H22N2O. The lowest BCUT2D eigenvalue weighted by Crippen LogP contribution is -2.37. The van der Waals surface area contributed by atoms with Crippen molar-refractivity contribution in [2.75, 3.05) is 6.54 Å². The van der Waals surface area contributed by atoms with Gasteiger partial charge >= 0.3 is 0 Å². The van der Waals surface area contributed by atoms with Crippen molar-refractivity contribution >= 4 is 5.91 Å². The Morgan fingerprint density at radius 3 is 2.63 bits per heavy atom. The minimum Gasteiger partial charge on any atom is -0.352 e. The summed E-state index contributed by atoms with van der Waals surface area (Å²) in [5.41, 5.74) is 2.54. The summed E-state index contributed by atoms with van der Waals surface area (Å²) in [6.45, 7) is 3.05. The van der Waals surface area contributed by atoms with E-state index in [1.165, 1.54) is 18.4 Å². The monoisotopic (exact) mass is 258 g/mol. The van der Waals surface area contributed by atoms with Gasteiger partial charge in [0.05, 0.1) is 6.42 Å². The number of hydrogen-bond donors (Lipinski definition) is 2. The van der Waals surface area contributed by atoms with Crippen molar-refractivity contribution in [1.82, 2.24) is 10.6 Å². The van der Waals surface area contributed by atoms with Crippen LogP contribution < -0.4 is 10.6 Å². The molecule has 2 N–H and O–H groups in total. The highest BCUT2D eigenvalue weighted by Gasteiger charge is 2.24. The fourth-order valence-electron chi connectivity index (χ4n) is 2.84. The topological polar surface area (TPSA) is 41.1 Å². The number of hydrogen-bond acceptors (Lipinski definition) is 2. The van der Waals surface area contributed by atoms with Crippen molar-refractivity contribution in [3.8, 4) is 0 Å². The SMILES string of the molecule is C[C@H]1C[C@@H](NC(=O)Cc2ccc(C3CC3)cc2)CN1. The van der Waals surface area contributed by atoms with Crippen LogP contribution >= 0.6 is 0 Å². The maximum absolute atomic E-state index is 12.0. The standard InChI is InChI=1S/C16H22N2O/c1-11-8-15(10-17-11)18-16(19)9-12-2-4-13(5-3-12)14-6-7-14/h2-5,11,14-15,17H,6-10H2,1H3,(H,18,19)/t11-,15+/m0/s1. The van der Waals surface area contributed by atoms with E-state index in [9.17, 15) is 4.79 Å². The first kappa shape index (κ1) is 12.7. The van der Waals surface area contributed by atoms with Crippen LogP contribution in [0.15, 0.2) is 24.3 Å². The zero-order chi connectivity index (χ0) is 13.2. The average Bonchev–Trinajstić information content (AvgIpc) is 3.15. The van der Waals surface area contributed by atoms with Crippen LogP contribution in [0.3, 0.4) is 0 Å². The lowest BCUT2D eigenvalue weighted by Gasteiger charge is -2.11. The number of nitrogens with one attached hydrogen (secondary N) is 2. The third kappa shape index (κ3) is 3.35. The summed E-state index contributed by atoms with van der Waals surface area (Å²) in [6, 6.07) is 9.38. The van der Waals surface area contributed by atoms with Gasteiger partial charge in [-0.15, -0.1) is 0 Å². The van der Waals surface area contributed by atoms with Crippen LogP contribution in [-0.2, 0) is 11.2 Å².